The van der Waals surface area contributed by atoms with Gasteiger partial charge in [0.05, 0.1) is 5.54 Å². The van der Waals surface area contributed by atoms with Crippen LogP contribution in [0.5, 0.6) is 0 Å². The number of fused-ring (bicyclic) bond motifs is 1. The van der Waals surface area contributed by atoms with Crippen LogP contribution in [0.25, 0.3) is 10.8 Å². The average Bonchev–Trinajstić information content (AvgIpc) is 2.60. The highest BCUT2D eigenvalue weighted by molar-refractivity contribution is 5.87. The van der Waals surface area contributed by atoms with Crippen molar-refractivity contribution in [2.45, 2.75) is 58.5 Å². The summed E-state index contributed by atoms with van der Waals surface area (Å²) in [5.41, 5.74) is 0.793. The van der Waals surface area contributed by atoms with E-state index in [9.17, 15) is 4.79 Å². The molecule has 2 aromatic rings. The number of amides is 1. The van der Waals surface area contributed by atoms with E-state index in [4.69, 9.17) is 0 Å². The van der Waals surface area contributed by atoms with E-state index in [-0.39, 0.29) is 11.4 Å². The van der Waals surface area contributed by atoms with Gasteiger partial charge in [-0.1, -0.05) is 42.5 Å². The predicted molar refractivity (Wildman–Crippen MR) is 109 cm³/mol. The zero-order valence-corrected chi connectivity index (χ0v) is 16.6. The van der Waals surface area contributed by atoms with Crippen LogP contribution in [0, 0.1) is 5.92 Å². The number of carbonyl (C=O) groups excluding carboxylic acids is 1. The highest BCUT2D eigenvalue weighted by Crippen LogP contribution is 2.29. The maximum Gasteiger partial charge on any atom is 0.220 e. The molecule has 0 aliphatic carbocycles. The van der Waals surface area contributed by atoms with Crippen LogP contribution in [-0.4, -0.2) is 29.9 Å². The van der Waals surface area contributed by atoms with Crippen LogP contribution in [0.3, 0.4) is 0 Å². The molecule has 3 rings (SSSR count). The van der Waals surface area contributed by atoms with Crippen molar-refractivity contribution in [2.75, 3.05) is 13.1 Å². The number of hydrogen-bond acceptors (Lipinski definition) is 2. The van der Waals surface area contributed by atoms with Crippen LogP contribution in [0.1, 0.15) is 52.5 Å². The maximum absolute atomic E-state index is 12.8. The molecule has 26 heavy (non-hydrogen) atoms. The summed E-state index contributed by atoms with van der Waals surface area (Å²) in [4.78, 5) is 15.3. The quantitative estimate of drug-likeness (QED) is 0.846. The first kappa shape index (κ1) is 18.9. The summed E-state index contributed by atoms with van der Waals surface area (Å²) in [5.74, 6) is 0.632. The zero-order chi connectivity index (χ0) is 18.7. The first-order valence-electron chi connectivity index (χ1n) is 9.90. The molecule has 1 saturated heterocycles. The van der Waals surface area contributed by atoms with E-state index in [0.717, 1.165) is 19.5 Å². The van der Waals surface area contributed by atoms with Crippen molar-refractivity contribution in [3.8, 4) is 0 Å². The van der Waals surface area contributed by atoms with E-state index in [0.29, 0.717) is 18.4 Å². The maximum atomic E-state index is 12.8. The van der Waals surface area contributed by atoms with E-state index < -0.39 is 0 Å². The molecular weight excluding hydrogens is 320 g/mol. The van der Waals surface area contributed by atoms with Gasteiger partial charge in [-0.15, -0.1) is 0 Å². The summed E-state index contributed by atoms with van der Waals surface area (Å²) in [6.07, 6.45) is 2.98. The molecule has 0 bridgehead atoms. The minimum absolute atomic E-state index is 0.165. The fourth-order valence-electron chi connectivity index (χ4n) is 4.23. The molecule has 0 aromatic heterocycles. The third kappa shape index (κ3) is 4.27. The molecule has 1 aliphatic rings. The number of hydrogen-bond donors (Lipinski definition) is 1. The standard InChI is InChI=1S/C23H32N2O/c1-17(2)25-14-8-9-18(16-25)15-22(26)24-23(3,4)21-13-7-11-19-10-5-6-12-20(19)21/h5-7,10-13,17-18H,8-9,14-16H2,1-4H3,(H,24,26)/t18-/m0/s1. The van der Waals surface area contributed by atoms with Crippen molar-refractivity contribution in [3.05, 3.63) is 48.0 Å². The van der Waals surface area contributed by atoms with Crippen molar-refractivity contribution in [1.29, 1.82) is 0 Å². The Bertz CT molecular complexity index is 760. The Kier molecular flexibility index (Phi) is 5.67. The molecule has 3 nitrogen and oxygen atoms in total. The SMILES string of the molecule is CC(C)N1CCC[C@@H](CC(=O)NC(C)(C)c2cccc3ccccc23)C1. The van der Waals surface area contributed by atoms with Gasteiger partial charge in [0.1, 0.15) is 0 Å². The minimum Gasteiger partial charge on any atom is -0.347 e. The number of rotatable bonds is 5. The molecule has 1 amide bonds. The Morgan fingerprint density at radius 2 is 1.92 bits per heavy atom. The Balaban J connectivity index is 1.69. The van der Waals surface area contributed by atoms with Crippen LogP contribution in [0.4, 0.5) is 0 Å². The summed E-state index contributed by atoms with van der Waals surface area (Å²) in [5, 5.41) is 5.73. The summed E-state index contributed by atoms with van der Waals surface area (Å²) in [6, 6.07) is 15.3. The van der Waals surface area contributed by atoms with Crippen molar-refractivity contribution in [1.82, 2.24) is 10.2 Å². The molecule has 0 saturated carbocycles. The lowest BCUT2D eigenvalue weighted by Gasteiger charge is -2.36. The Morgan fingerprint density at radius 3 is 2.69 bits per heavy atom. The Morgan fingerprint density at radius 1 is 1.19 bits per heavy atom. The highest BCUT2D eigenvalue weighted by atomic mass is 16.1. The van der Waals surface area contributed by atoms with Crippen molar-refractivity contribution >= 4 is 16.7 Å². The fourth-order valence-corrected chi connectivity index (χ4v) is 4.23. The fraction of sp³-hybridized carbons (Fsp3) is 0.522. The number of likely N-dealkylation sites (tertiary alicyclic amines) is 1. The normalized spacial score (nSPS) is 19.0. The molecule has 1 N–H and O–H groups in total. The molecule has 3 heteroatoms. The monoisotopic (exact) mass is 352 g/mol. The summed E-state index contributed by atoms with van der Waals surface area (Å²) < 4.78 is 0. The molecular formula is C23H32N2O. The largest absolute Gasteiger partial charge is 0.347 e. The number of benzene rings is 2. The minimum atomic E-state index is -0.385. The number of nitrogens with one attached hydrogen (secondary N) is 1. The van der Waals surface area contributed by atoms with Crippen molar-refractivity contribution < 1.29 is 4.79 Å². The second-order valence-corrected chi connectivity index (χ2v) is 8.50. The summed E-state index contributed by atoms with van der Waals surface area (Å²) >= 11 is 0. The second-order valence-electron chi connectivity index (χ2n) is 8.50. The Hall–Kier alpha value is -1.87. The summed E-state index contributed by atoms with van der Waals surface area (Å²) in [7, 11) is 0. The molecule has 1 atom stereocenters. The average molecular weight is 353 g/mol. The second kappa shape index (κ2) is 7.79. The smallest absolute Gasteiger partial charge is 0.220 e. The van der Waals surface area contributed by atoms with Gasteiger partial charge in [-0.25, -0.2) is 0 Å². The molecule has 1 fully saturated rings. The van der Waals surface area contributed by atoms with Gasteiger partial charge < -0.3 is 10.2 Å². The third-order valence-electron chi connectivity index (χ3n) is 5.67. The van der Waals surface area contributed by atoms with E-state index in [1.165, 1.54) is 22.8 Å². The van der Waals surface area contributed by atoms with Crippen LogP contribution < -0.4 is 5.32 Å². The van der Waals surface area contributed by atoms with Gasteiger partial charge in [0, 0.05) is 19.0 Å². The molecule has 1 heterocycles. The van der Waals surface area contributed by atoms with Gasteiger partial charge in [-0.3, -0.25) is 4.79 Å². The van der Waals surface area contributed by atoms with Gasteiger partial charge >= 0.3 is 0 Å². The van der Waals surface area contributed by atoms with E-state index in [2.05, 4.69) is 80.4 Å². The predicted octanol–water partition coefficient (Wildman–Crippen LogP) is 4.70. The van der Waals surface area contributed by atoms with Gasteiger partial charge in [0.15, 0.2) is 0 Å². The lowest BCUT2D eigenvalue weighted by molar-refractivity contribution is -0.124. The molecule has 0 spiro atoms. The zero-order valence-electron chi connectivity index (χ0n) is 16.6. The van der Waals surface area contributed by atoms with Crippen LogP contribution >= 0.6 is 0 Å². The number of nitrogens with zero attached hydrogens (tertiary/aromatic N) is 1. The third-order valence-corrected chi connectivity index (χ3v) is 5.67. The van der Waals surface area contributed by atoms with Crippen LogP contribution in [-0.2, 0) is 10.3 Å². The lowest BCUT2D eigenvalue weighted by atomic mass is 9.88. The summed E-state index contributed by atoms with van der Waals surface area (Å²) in [6.45, 7) is 10.9. The molecule has 140 valence electrons. The molecule has 0 radical (unpaired) electrons. The Labute approximate surface area is 157 Å². The van der Waals surface area contributed by atoms with E-state index in [1.54, 1.807) is 0 Å². The first-order valence-corrected chi connectivity index (χ1v) is 9.90. The van der Waals surface area contributed by atoms with E-state index >= 15 is 0 Å². The van der Waals surface area contributed by atoms with Gasteiger partial charge in [0.2, 0.25) is 5.91 Å². The van der Waals surface area contributed by atoms with Crippen LogP contribution in [0.2, 0.25) is 0 Å². The van der Waals surface area contributed by atoms with Crippen molar-refractivity contribution in [2.24, 2.45) is 5.92 Å². The van der Waals surface area contributed by atoms with E-state index in [1.807, 2.05) is 0 Å². The van der Waals surface area contributed by atoms with Gasteiger partial charge in [-0.05, 0) is 69.3 Å². The van der Waals surface area contributed by atoms with Crippen LogP contribution in [0.15, 0.2) is 42.5 Å². The topological polar surface area (TPSA) is 32.3 Å². The van der Waals surface area contributed by atoms with Gasteiger partial charge in [0.25, 0.3) is 0 Å². The first-order chi connectivity index (χ1) is 12.4. The molecule has 2 aromatic carbocycles. The highest BCUT2D eigenvalue weighted by Gasteiger charge is 2.28. The molecule has 1 aliphatic heterocycles. The van der Waals surface area contributed by atoms with Gasteiger partial charge in [-0.2, -0.15) is 0 Å². The number of carbonyl (C=O) groups is 1. The molecule has 0 unspecified atom stereocenters. The lowest BCUT2D eigenvalue weighted by Crippen LogP contribution is -2.44. The number of piperidine rings is 1. The van der Waals surface area contributed by atoms with Crippen molar-refractivity contribution in [3.63, 3.8) is 0 Å².